The van der Waals surface area contributed by atoms with Gasteiger partial charge in [0.15, 0.2) is 5.43 Å². The molecule has 3 N–H and O–H groups in total. The molecule has 2 rings (SSSR count). The highest BCUT2D eigenvalue weighted by molar-refractivity contribution is 5.93. The van der Waals surface area contributed by atoms with Crippen LogP contribution in [0.1, 0.15) is 16.8 Å². The average Bonchev–Trinajstić information content (AvgIpc) is 2.38. The number of amides is 1. The zero-order valence-corrected chi connectivity index (χ0v) is 9.45. The molecule has 0 saturated heterocycles. The number of hydrogen-bond acceptors (Lipinski definition) is 3. The van der Waals surface area contributed by atoms with E-state index in [0.717, 1.165) is 19.5 Å². The Bertz CT molecular complexity index is 491. The van der Waals surface area contributed by atoms with Crippen LogP contribution in [0, 0.1) is 0 Å². The maximum atomic E-state index is 11.7. The number of hydrogen-bond donors (Lipinski definition) is 3. The first-order chi connectivity index (χ1) is 8.27. The number of rotatable bonds is 3. The Morgan fingerprint density at radius 1 is 1.47 bits per heavy atom. The van der Waals surface area contributed by atoms with Crippen LogP contribution in [0.3, 0.4) is 0 Å². The first-order valence-electron chi connectivity index (χ1n) is 5.61. The Labute approximate surface area is 98.9 Å². The van der Waals surface area contributed by atoms with Crippen molar-refractivity contribution in [3.05, 3.63) is 45.9 Å². The minimum Gasteiger partial charge on any atom is -0.367 e. The topological polar surface area (TPSA) is 74.0 Å². The summed E-state index contributed by atoms with van der Waals surface area (Å²) in [4.78, 5) is 25.9. The molecule has 2 heterocycles. The van der Waals surface area contributed by atoms with E-state index < -0.39 is 0 Å². The molecule has 5 nitrogen and oxygen atoms in total. The molecule has 1 aromatic heterocycles. The minimum atomic E-state index is -0.328. The summed E-state index contributed by atoms with van der Waals surface area (Å²) in [5, 5.41) is 5.95. The summed E-state index contributed by atoms with van der Waals surface area (Å²) in [5.41, 5.74) is 1.09. The smallest absolute Gasteiger partial charge is 0.256 e. The Hall–Kier alpha value is -1.88. The van der Waals surface area contributed by atoms with E-state index in [2.05, 4.69) is 21.7 Å². The molecule has 17 heavy (non-hydrogen) atoms. The Kier molecular flexibility index (Phi) is 3.72. The molecule has 0 radical (unpaired) electrons. The highest BCUT2D eigenvalue weighted by atomic mass is 16.2. The number of nitrogens with one attached hydrogen (secondary N) is 3. The lowest BCUT2D eigenvalue weighted by Crippen LogP contribution is -2.32. The van der Waals surface area contributed by atoms with E-state index in [-0.39, 0.29) is 16.9 Å². The third kappa shape index (κ3) is 3.04. The normalized spacial score (nSPS) is 15.2. The summed E-state index contributed by atoms with van der Waals surface area (Å²) in [6.45, 7) is 2.29. The van der Waals surface area contributed by atoms with E-state index in [1.807, 2.05) is 0 Å². The van der Waals surface area contributed by atoms with Gasteiger partial charge in [0.05, 0.1) is 0 Å². The van der Waals surface area contributed by atoms with Crippen molar-refractivity contribution in [2.45, 2.75) is 6.42 Å². The van der Waals surface area contributed by atoms with Crippen LogP contribution in [0.25, 0.3) is 0 Å². The van der Waals surface area contributed by atoms with Crippen LogP contribution in [0.4, 0.5) is 0 Å². The molecule has 1 aromatic rings. The van der Waals surface area contributed by atoms with Gasteiger partial charge in [-0.15, -0.1) is 0 Å². The monoisotopic (exact) mass is 233 g/mol. The van der Waals surface area contributed by atoms with Gasteiger partial charge in [0.2, 0.25) is 0 Å². The molecular weight excluding hydrogens is 218 g/mol. The van der Waals surface area contributed by atoms with Crippen molar-refractivity contribution < 1.29 is 4.79 Å². The number of carbonyl (C=O) groups is 1. The van der Waals surface area contributed by atoms with Gasteiger partial charge in [-0.2, -0.15) is 0 Å². The summed E-state index contributed by atoms with van der Waals surface area (Å²) in [6, 6.07) is 1.35. The van der Waals surface area contributed by atoms with E-state index in [9.17, 15) is 9.59 Å². The van der Waals surface area contributed by atoms with Gasteiger partial charge < -0.3 is 15.6 Å². The second-order valence-electron chi connectivity index (χ2n) is 3.92. The molecule has 1 amide bonds. The predicted octanol–water partition coefficient (Wildman–Crippen LogP) is 0.0244. The van der Waals surface area contributed by atoms with Gasteiger partial charge in [-0.05, 0) is 13.0 Å². The van der Waals surface area contributed by atoms with Gasteiger partial charge in [0.25, 0.3) is 5.91 Å². The van der Waals surface area contributed by atoms with Crippen LogP contribution < -0.4 is 16.1 Å². The van der Waals surface area contributed by atoms with Crippen molar-refractivity contribution in [2.75, 3.05) is 19.6 Å². The van der Waals surface area contributed by atoms with Gasteiger partial charge in [-0.3, -0.25) is 9.59 Å². The third-order valence-electron chi connectivity index (χ3n) is 2.70. The molecule has 0 fully saturated rings. The van der Waals surface area contributed by atoms with Crippen molar-refractivity contribution in [1.82, 2.24) is 15.6 Å². The second-order valence-corrected chi connectivity index (χ2v) is 3.92. The molecule has 0 aromatic carbocycles. The molecule has 1 aliphatic rings. The van der Waals surface area contributed by atoms with E-state index in [4.69, 9.17) is 0 Å². The predicted molar refractivity (Wildman–Crippen MR) is 65.0 cm³/mol. The highest BCUT2D eigenvalue weighted by Gasteiger charge is 2.10. The molecule has 0 atom stereocenters. The van der Waals surface area contributed by atoms with E-state index in [1.165, 1.54) is 24.0 Å². The van der Waals surface area contributed by atoms with Gasteiger partial charge >= 0.3 is 0 Å². The quantitative estimate of drug-likeness (QED) is 0.645. The maximum absolute atomic E-state index is 11.7. The molecular formula is C12H15N3O2. The lowest BCUT2D eigenvalue weighted by Gasteiger charge is -2.14. The molecule has 0 aliphatic carbocycles. The van der Waals surface area contributed by atoms with E-state index in [0.29, 0.717) is 6.54 Å². The van der Waals surface area contributed by atoms with Crippen molar-refractivity contribution in [3.8, 4) is 0 Å². The number of aromatic amines is 1. The Morgan fingerprint density at radius 3 is 3.06 bits per heavy atom. The molecule has 90 valence electrons. The van der Waals surface area contributed by atoms with Crippen LogP contribution in [0.5, 0.6) is 0 Å². The summed E-state index contributed by atoms with van der Waals surface area (Å²) in [5.74, 6) is -0.328. The molecule has 0 spiro atoms. The van der Waals surface area contributed by atoms with Crippen LogP contribution in [-0.2, 0) is 0 Å². The number of carbonyl (C=O) groups excluding carboxylic acids is 1. The SMILES string of the molecule is O=C(NCC1=CCNCC1)c1c[nH]ccc1=O. The Morgan fingerprint density at radius 2 is 2.35 bits per heavy atom. The minimum absolute atomic E-state index is 0.155. The van der Waals surface area contributed by atoms with Crippen molar-refractivity contribution in [1.29, 1.82) is 0 Å². The third-order valence-corrected chi connectivity index (χ3v) is 2.70. The fourth-order valence-corrected chi connectivity index (χ4v) is 1.71. The molecule has 0 unspecified atom stereocenters. The fourth-order valence-electron chi connectivity index (χ4n) is 1.71. The van der Waals surface area contributed by atoms with Gasteiger partial charge in [0.1, 0.15) is 5.56 Å². The summed E-state index contributed by atoms with van der Waals surface area (Å²) in [7, 11) is 0. The van der Waals surface area contributed by atoms with Crippen LogP contribution >= 0.6 is 0 Å². The number of pyridine rings is 1. The number of aromatic nitrogens is 1. The molecule has 0 bridgehead atoms. The first kappa shape index (κ1) is 11.6. The summed E-state index contributed by atoms with van der Waals surface area (Å²) in [6.07, 6.45) is 5.94. The van der Waals surface area contributed by atoms with E-state index >= 15 is 0 Å². The highest BCUT2D eigenvalue weighted by Crippen LogP contribution is 2.02. The Balaban J connectivity index is 1.96. The van der Waals surface area contributed by atoms with Gasteiger partial charge in [0, 0.05) is 31.5 Å². The first-order valence-corrected chi connectivity index (χ1v) is 5.61. The molecule has 0 saturated carbocycles. The lowest BCUT2D eigenvalue weighted by molar-refractivity contribution is 0.0955. The fraction of sp³-hybridized carbons (Fsp3) is 0.333. The summed E-state index contributed by atoms with van der Waals surface area (Å²) >= 11 is 0. The van der Waals surface area contributed by atoms with Crippen molar-refractivity contribution in [3.63, 3.8) is 0 Å². The van der Waals surface area contributed by atoms with Gasteiger partial charge in [-0.25, -0.2) is 0 Å². The standard InChI is InChI=1S/C12H15N3O2/c16-11-3-6-14-8-10(11)12(17)15-7-9-1-4-13-5-2-9/h1,3,6,8,13H,2,4-5,7H2,(H,14,16)(H,15,17). The van der Waals surface area contributed by atoms with Crippen molar-refractivity contribution in [2.24, 2.45) is 0 Å². The molecule has 5 heteroatoms. The van der Waals surface area contributed by atoms with Gasteiger partial charge in [-0.1, -0.05) is 11.6 Å². The second kappa shape index (κ2) is 5.45. The van der Waals surface area contributed by atoms with E-state index in [1.54, 1.807) is 0 Å². The van der Waals surface area contributed by atoms with Crippen LogP contribution in [-0.4, -0.2) is 30.5 Å². The number of H-pyrrole nitrogens is 1. The summed E-state index contributed by atoms with van der Waals surface area (Å²) < 4.78 is 0. The van der Waals surface area contributed by atoms with Crippen molar-refractivity contribution >= 4 is 5.91 Å². The largest absolute Gasteiger partial charge is 0.367 e. The molecule has 1 aliphatic heterocycles. The zero-order valence-electron chi connectivity index (χ0n) is 9.45. The maximum Gasteiger partial charge on any atom is 0.256 e. The van der Waals surface area contributed by atoms with Crippen LogP contribution in [0.15, 0.2) is 34.9 Å². The average molecular weight is 233 g/mol. The zero-order chi connectivity index (χ0) is 12.1. The van der Waals surface area contributed by atoms with Crippen LogP contribution in [0.2, 0.25) is 0 Å². The lowest BCUT2D eigenvalue weighted by atomic mass is 10.1.